The molecule has 0 bridgehead atoms. The summed E-state index contributed by atoms with van der Waals surface area (Å²) >= 11 is 0. The number of carbonyl (C=O) groups is 5. The van der Waals surface area contributed by atoms with Crippen molar-refractivity contribution in [2.75, 3.05) is 19.1 Å². The van der Waals surface area contributed by atoms with Crippen molar-refractivity contribution < 1.29 is 42.0 Å². The number of allylic oxidation sites excluding steroid dienone is 1. The van der Waals surface area contributed by atoms with Crippen LogP contribution in [-0.4, -0.2) is 86.8 Å². The van der Waals surface area contributed by atoms with E-state index in [9.17, 15) is 32.4 Å². The van der Waals surface area contributed by atoms with Crippen LogP contribution in [-0.2, 0) is 45.0 Å². The molecule has 4 N–H and O–H groups in total. The van der Waals surface area contributed by atoms with Crippen molar-refractivity contribution in [2.24, 2.45) is 11.8 Å². The zero-order valence-corrected chi connectivity index (χ0v) is 29.7. The summed E-state index contributed by atoms with van der Waals surface area (Å²) < 4.78 is 28.8. The molecule has 1 rings (SSSR count). The Labute approximate surface area is 278 Å². The third kappa shape index (κ3) is 17.2. The number of sulfone groups is 1. The Hall–Kier alpha value is -3.62. The van der Waals surface area contributed by atoms with Gasteiger partial charge in [0.2, 0.25) is 23.4 Å². The molecule has 1 aromatic rings. The van der Waals surface area contributed by atoms with Crippen LogP contribution in [0.15, 0.2) is 42.5 Å². The van der Waals surface area contributed by atoms with E-state index >= 15 is 0 Å². The number of alkyl carbamates (subject to hydrolysis) is 1. The van der Waals surface area contributed by atoms with Crippen molar-refractivity contribution in [2.45, 2.75) is 97.5 Å². The highest BCUT2D eigenvalue weighted by Crippen LogP contribution is 2.12. The van der Waals surface area contributed by atoms with Gasteiger partial charge in [-0.05, 0) is 57.1 Å². The largest absolute Gasteiger partial charge is 0.444 e. The topological polar surface area (TPSA) is 186 Å². The van der Waals surface area contributed by atoms with E-state index in [1.54, 1.807) is 51.1 Å². The molecule has 0 aromatic heterocycles. The Balaban J connectivity index is 3.30. The Morgan fingerprint density at radius 3 is 2.00 bits per heavy atom. The van der Waals surface area contributed by atoms with Crippen molar-refractivity contribution in [1.29, 1.82) is 0 Å². The van der Waals surface area contributed by atoms with Crippen LogP contribution in [0.5, 0.6) is 0 Å². The first-order valence-electron chi connectivity index (χ1n) is 15.6. The van der Waals surface area contributed by atoms with Crippen LogP contribution in [0.1, 0.15) is 66.9 Å². The molecule has 0 heterocycles. The SMILES string of the molecule is CON[C@H](C(=O)N[C@@H](CC(C)C)C(=O)N[C@@H](Cc1ccccc1)C(=O)C(=O)/C=C/[C@H](CCS(C)(=O)=O)NC(=O)OC(C)(C)C)C(C)C. The number of amides is 3. The van der Waals surface area contributed by atoms with E-state index in [1.807, 2.05) is 27.7 Å². The zero-order chi connectivity index (χ0) is 35.9. The molecule has 1 aromatic carbocycles. The summed E-state index contributed by atoms with van der Waals surface area (Å²) in [5.41, 5.74) is 2.48. The minimum absolute atomic E-state index is 0.00637. The smallest absolute Gasteiger partial charge is 0.408 e. The third-order valence-electron chi connectivity index (χ3n) is 6.67. The summed E-state index contributed by atoms with van der Waals surface area (Å²) in [6.07, 6.45) is 2.56. The van der Waals surface area contributed by atoms with E-state index in [4.69, 9.17) is 9.57 Å². The van der Waals surface area contributed by atoms with Gasteiger partial charge in [0.15, 0.2) is 0 Å². The van der Waals surface area contributed by atoms with Crippen LogP contribution in [0.25, 0.3) is 0 Å². The van der Waals surface area contributed by atoms with E-state index in [0.717, 1.165) is 12.3 Å². The molecule has 0 fully saturated rings. The second-order valence-corrected chi connectivity index (χ2v) is 15.5. The summed E-state index contributed by atoms with van der Waals surface area (Å²) in [7, 11) is -2.03. The molecule has 4 atom stereocenters. The second kappa shape index (κ2) is 19.3. The summed E-state index contributed by atoms with van der Waals surface area (Å²) in [5, 5.41) is 7.94. The summed E-state index contributed by atoms with van der Waals surface area (Å²) in [6, 6.07) is 4.79. The first-order valence-corrected chi connectivity index (χ1v) is 17.6. The number of ketones is 2. The van der Waals surface area contributed by atoms with E-state index in [2.05, 4.69) is 21.4 Å². The first-order chi connectivity index (χ1) is 21.7. The minimum atomic E-state index is -3.41. The van der Waals surface area contributed by atoms with Crippen LogP contribution in [0.4, 0.5) is 4.79 Å². The van der Waals surface area contributed by atoms with Gasteiger partial charge in [-0.2, -0.15) is 5.48 Å². The molecule has 0 aliphatic heterocycles. The van der Waals surface area contributed by atoms with Gasteiger partial charge in [-0.3, -0.25) is 19.2 Å². The van der Waals surface area contributed by atoms with Gasteiger partial charge < -0.3 is 25.5 Å². The minimum Gasteiger partial charge on any atom is -0.444 e. The molecule has 47 heavy (non-hydrogen) atoms. The number of hydroxylamine groups is 1. The van der Waals surface area contributed by atoms with Crippen molar-refractivity contribution in [3.63, 3.8) is 0 Å². The molecule has 0 saturated carbocycles. The molecule has 0 aliphatic rings. The predicted molar refractivity (Wildman–Crippen MR) is 179 cm³/mol. The van der Waals surface area contributed by atoms with Gasteiger partial charge in [-0.15, -0.1) is 0 Å². The number of hydrogen-bond acceptors (Lipinski definition) is 10. The highest BCUT2D eigenvalue weighted by Gasteiger charge is 2.32. The molecule has 3 amide bonds. The quantitative estimate of drug-likeness (QED) is 0.0961. The molecule has 0 spiro atoms. The zero-order valence-electron chi connectivity index (χ0n) is 28.9. The Morgan fingerprint density at radius 2 is 1.49 bits per heavy atom. The third-order valence-corrected chi connectivity index (χ3v) is 7.65. The number of nitrogens with one attached hydrogen (secondary N) is 4. The van der Waals surface area contributed by atoms with Crippen LogP contribution in [0.2, 0.25) is 0 Å². The Bertz CT molecular complexity index is 1340. The molecule has 0 radical (unpaired) electrons. The average Bonchev–Trinajstić information content (AvgIpc) is 2.94. The van der Waals surface area contributed by atoms with E-state index in [-0.39, 0.29) is 36.9 Å². The van der Waals surface area contributed by atoms with Gasteiger partial charge >= 0.3 is 6.09 Å². The maximum Gasteiger partial charge on any atom is 0.408 e. The molecule has 264 valence electrons. The molecular formula is C33H52N4O9S. The average molecular weight is 681 g/mol. The van der Waals surface area contributed by atoms with Crippen molar-refractivity contribution in [3.05, 3.63) is 48.0 Å². The number of Topliss-reactive ketones (excluding diaryl/α,β-unsaturated/α-hetero) is 1. The molecule has 0 aliphatic carbocycles. The van der Waals surface area contributed by atoms with Gasteiger partial charge in [0.25, 0.3) is 0 Å². The highest BCUT2D eigenvalue weighted by atomic mass is 32.2. The van der Waals surface area contributed by atoms with Crippen LogP contribution in [0, 0.1) is 11.8 Å². The molecular weight excluding hydrogens is 628 g/mol. The molecule has 0 unspecified atom stereocenters. The standard InChI is InChI=1S/C33H52N4O9S/c1-21(2)19-26(36-31(41)28(22(3)4)37-45-8)30(40)35-25(20-23-13-11-10-12-14-23)29(39)27(38)16-15-24(17-18-47(9,43)44)34-32(42)46-33(5,6)7/h10-16,21-22,24-26,28,37H,17-20H2,1-9H3,(H,34,42)(H,35,40)(H,36,41)/b16-15+/t24-,25+,26+,28+/m1/s1. The normalized spacial score (nSPS) is 14.7. The van der Waals surface area contributed by atoms with Gasteiger partial charge in [-0.1, -0.05) is 64.1 Å². The maximum atomic E-state index is 13.6. The highest BCUT2D eigenvalue weighted by molar-refractivity contribution is 7.90. The van der Waals surface area contributed by atoms with Crippen molar-refractivity contribution >= 4 is 39.3 Å². The van der Waals surface area contributed by atoms with Gasteiger partial charge in [-0.25, -0.2) is 13.2 Å². The number of ether oxygens (including phenoxy) is 1. The lowest BCUT2D eigenvalue weighted by atomic mass is 9.97. The number of rotatable bonds is 19. The Morgan fingerprint density at radius 1 is 0.894 bits per heavy atom. The summed E-state index contributed by atoms with van der Waals surface area (Å²) in [6.45, 7) is 12.4. The second-order valence-electron chi connectivity index (χ2n) is 13.2. The molecule has 14 heteroatoms. The van der Waals surface area contributed by atoms with Crippen LogP contribution < -0.4 is 21.4 Å². The lowest BCUT2D eigenvalue weighted by molar-refractivity contribution is -0.137. The maximum absolute atomic E-state index is 13.6. The van der Waals surface area contributed by atoms with E-state index in [0.29, 0.717) is 5.56 Å². The van der Waals surface area contributed by atoms with Crippen molar-refractivity contribution in [3.8, 4) is 0 Å². The van der Waals surface area contributed by atoms with Crippen LogP contribution >= 0.6 is 0 Å². The van der Waals surface area contributed by atoms with E-state index < -0.39 is 69.1 Å². The van der Waals surface area contributed by atoms with E-state index in [1.165, 1.54) is 13.2 Å². The number of carbonyl (C=O) groups excluding carboxylic acids is 5. The fourth-order valence-corrected chi connectivity index (χ4v) is 5.07. The van der Waals surface area contributed by atoms with Gasteiger partial charge in [0.05, 0.1) is 24.9 Å². The first kappa shape index (κ1) is 41.4. The predicted octanol–water partition coefficient (Wildman–Crippen LogP) is 2.44. The molecule has 13 nitrogen and oxygen atoms in total. The Kier molecular flexibility index (Phi) is 17.0. The lowest BCUT2D eigenvalue weighted by Gasteiger charge is -2.27. The fourth-order valence-electron chi connectivity index (χ4n) is 4.39. The summed E-state index contributed by atoms with van der Waals surface area (Å²) in [4.78, 5) is 70.7. The lowest BCUT2D eigenvalue weighted by Crippen LogP contribution is -2.57. The van der Waals surface area contributed by atoms with Crippen LogP contribution in [0.3, 0.4) is 0 Å². The number of hydrogen-bond donors (Lipinski definition) is 4. The number of benzene rings is 1. The van der Waals surface area contributed by atoms with Gasteiger partial charge in [0.1, 0.15) is 27.5 Å². The van der Waals surface area contributed by atoms with Crippen molar-refractivity contribution in [1.82, 2.24) is 21.4 Å². The fraction of sp³-hybridized carbons (Fsp3) is 0.606. The monoisotopic (exact) mass is 680 g/mol. The summed E-state index contributed by atoms with van der Waals surface area (Å²) in [5.74, 6) is -3.49. The van der Waals surface area contributed by atoms with Gasteiger partial charge in [0, 0.05) is 12.7 Å². The molecule has 0 saturated heterocycles.